The summed E-state index contributed by atoms with van der Waals surface area (Å²) in [6.45, 7) is 8.66. The van der Waals surface area contributed by atoms with E-state index in [1.165, 1.54) is 31.3 Å². The molecule has 3 rings (SSSR count). The lowest BCUT2D eigenvalue weighted by Crippen LogP contribution is -2.34. The summed E-state index contributed by atoms with van der Waals surface area (Å²) in [5.74, 6) is 2.11. The monoisotopic (exact) mass is 355 g/mol. The topological polar surface area (TPSA) is 47.4 Å². The number of hydrogen-bond acceptors (Lipinski definition) is 4. The minimum absolute atomic E-state index is 0.280. The van der Waals surface area contributed by atoms with Gasteiger partial charge in [0.1, 0.15) is 5.82 Å². The lowest BCUT2D eigenvalue weighted by atomic mass is 9.96. The van der Waals surface area contributed by atoms with Crippen molar-refractivity contribution in [2.75, 3.05) is 20.2 Å². The van der Waals surface area contributed by atoms with Crippen molar-refractivity contribution in [1.29, 1.82) is 0 Å². The minimum Gasteiger partial charge on any atom is -0.465 e. The summed E-state index contributed by atoms with van der Waals surface area (Å²) in [7, 11) is 1.41. The van der Waals surface area contributed by atoms with Crippen LogP contribution in [0.25, 0.3) is 0 Å². The fraction of sp³-hybridized carbons (Fsp3) is 0.524. The maximum atomic E-state index is 11.5. The molecule has 1 aliphatic rings. The molecule has 2 aromatic rings. The van der Waals surface area contributed by atoms with Crippen molar-refractivity contribution in [3.8, 4) is 0 Å². The van der Waals surface area contributed by atoms with E-state index in [9.17, 15) is 4.79 Å². The summed E-state index contributed by atoms with van der Waals surface area (Å²) < 4.78 is 7.08. The molecule has 1 aromatic heterocycles. The quantitative estimate of drug-likeness (QED) is 0.741. The van der Waals surface area contributed by atoms with Gasteiger partial charge in [-0.05, 0) is 49.5 Å². The van der Waals surface area contributed by atoms with Gasteiger partial charge in [0, 0.05) is 31.4 Å². The van der Waals surface area contributed by atoms with E-state index in [-0.39, 0.29) is 5.97 Å². The predicted octanol–water partition coefficient (Wildman–Crippen LogP) is 3.71. The highest BCUT2D eigenvalue weighted by molar-refractivity contribution is 5.89. The Kier molecular flexibility index (Phi) is 6.09. The summed E-state index contributed by atoms with van der Waals surface area (Å²) in [6, 6.07) is 7.75. The van der Waals surface area contributed by atoms with Gasteiger partial charge in [0.2, 0.25) is 0 Å². The van der Waals surface area contributed by atoms with Crippen LogP contribution in [-0.2, 0) is 17.8 Å². The van der Waals surface area contributed by atoms with Crippen molar-refractivity contribution in [2.45, 2.75) is 45.7 Å². The number of hydrogen-bond donors (Lipinski definition) is 0. The third-order valence-corrected chi connectivity index (χ3v) is 5.21. The number of carbonyl (C=O) groups is 1. The Labute approximate surface area is 156 Å². The van der Waals surface area contributed by atoms with Crippen molar-refractivity contribution in [1.82, 2.24) is 14.5 Å². The maximum absolute atomic E-state index is 11.5. The number of likely N-dealkylation sites (tertiary alicyclic amines) is 1. The van der Waals surface area contributed by atoms with Gasteiger partial charge in [-0.2, -0.15) is 0 Å². The highest BCUT2D eigenvalue weighted by Crippen LogP contribution is 2.23. The van der Waals surface area contributed by atoms with Gasteiger partial charge < -0.3 is 9.30 Å². The molecule has 26 heavy (non-hydrogen) atoms. The molecule has 1 aliphatic heterocycles. The zero-order valence-corrected chi connectivity index (χ0v) is 16.0. The highest BCUT2D eigenvalue weighted by atomic mass is 16.5. The number of methoxy groups -OCH3 is 1. The van der Waals surface area contributed by atoms with Crippen LogP contribution >= 0.6 is 0 Å². The van der Waals surface area contributed by atoms with Crippen molar-refractivity contribution < 1.29 is 9.53 Å². The van der Waals surface area contributed by atoms with Gasteiger partial charge in [-0.3, -0.25) is 4.90 Å². The first kappa shape index (κ1) is 18.6. The largest absolute Gasteiger partial charge is 0.465 e. The molecule has 1 fully saturated rings. The van der Waals surface area contributed by atoms with Gasteiger partial charge in [-0.1, -0.05) is 26.0 Å². The Morgan fingerprint density at radius 2 is 1.92 bits per heavy atom. The van der Waals surface area contributed by atoms with Crippen LogP contribution in [0.15, 0.2) is 36.7 Å². The molecule has 1 saturated heterocycles. The van der Waals surface area contributed by atoms with Gasteiger partial charge in [0.05, 0.1) is 12.7 Å². The van der Waals surface area contributed by atoms with E-state index in [2.05, 4.69) is 34.5 Å². The van der Waals surface area contributed by atoms with E-state index in [0.29, 0.717) is 11.5 Å². The average Bonchev–Trinajstić information content (AvgIpc) is 3.12. The van der Waals surface area contributed by atoms with Gasteiger partial charge in [-0.15, -0.1) is 0 Å². The number of benzene rings is 1. The second-order valence-corrected chi connectivity index (χ2v) is 7.50. The van der Waals surface area contributed by atoms with Crippen LogP contribution < -0.4 is 0 Å². The number of imidazole rings is 1. The van der Waals surface area contributed by atoms with Crippen molar-refractivity contribution >= 4 is 5.97 Å². The zero-order valence-electron chi connectivity index (χ0n) is 16.0. The molecule has 0 spiro atoms. The first-order chi connectivity index (χ1) is 12.6. The Morgan fingerprint density at radius 3 is 2.54 bits per heavy atom. The molecule has 0 saturated carbocycles. The summed E-state index contributed by atoms with van der Waals surface area (Å²) in [4.78, 5) is 18.5. The Bertz CT molecular complexity index is 713. The molecule has 0 N–H and O–H groups in total. The second kappa shape index (κ2) is 8.49. The lowest BCUT2D eigenvalue weighted by molar-refractivity contribution is 0.0600. The van der Waals surface area contributed by atoms with E-state index in [1.807, 2.05) is 30.5 Å². The van der Waals surface area contributed by atoms with Gasteiger partial charge in [0.15, 0.2) is 0 Å². The normalized spacial score (nSPS) is 16.2. The smallest absolute Gasteiger partial charge is 0.337 e. The number of carbonyl (C=O) groups excluding carboxylic acids is 1. The molecule has 2 heterocycles. The molecule has 0 radical (unpaired) electrons. The van der Waals surface area contributed by atoms with Crippen LogP contribution in [-0.4, -0.2) is 40.6 Å². The minimum atomic E-state index is -0.280. The molecule has 5 heteroatoms. The summed E-state index contributed by atoms with van der Waals surface area (Å²) in [5, 5.41) is 0. The Hall–Kier alpha value is -2.14. The van der Waals surface area contributed by atoms with Crippen LogP contribution in [0.4, 0.5) is 0 Å². The lowest BCUT2D eigenvalue weighted by Gasteiger charge is -2.32. The number of esters is 1. The third-order valence-electron chi connectivity index (χ3n) is 5.21. The first-order valence-electron chi connectivity index (χ1n) is 9.47. The molecular formula is C21H29N3O2. The van der Waals surface area contributed by atoms with Crippen LogP contribution in [0.1, 0.15) is 54.4 Å². The Balaban J connectivity index is 1.49. The molecule has 5 nitrogen and oxygen atoms in total. The van der Waals surface area contributed by atoms with Crippen LogP contribution in [0.2, 0.25) is 0 Å². The predicted molar refractivity (Wildman–Crippen MR) is 102 cm³/mol. The SMILES string of the molecule is COC(=O)c1ccc(CN2CCC(Cn3ccnc3C(C)C)CC2)cc1. The number of nitrogens with zero attached hydrogens (tertiary/aromatic N) is 3. The van der Waals surface area contributed by atoms with E-state index < -0.39 is 0 Å². The van der Waals surface area contributed by atoms with E-state index in [4.69, 9.17) is 4.74 Å². The summed E-state index contributed by atoms with van der Waals surface area (Å²) in [5.41, 5.74) is 1.85. The van der Waals surface area contributed by atoms with Gasteiger partial charge >= 0.3 is 5.97 Å². The molecule has 0 unspecified atom stereocenters. The fourth-order valence-corrected chi connectivity index (χ4v) is 3.70. The molecule has 1 aromatic carbocycles. The van der Waals surface area contributed by atoms with Crippen molar-refractivity contribution in [3.05, 3.63) is 53.6 Å². The standard InChI is InChI=1S/C21H29N3O2/c1-16(2)20-22-10-13-24(20)15-18-8-11-23(12-9-18)14-17-4-6-19(7-5-17)21(25)26-3/h4-7,10,13,16,18H,8-9,11-12,14-15H2,1-3H3. The molecule has 140 valence electrons. The molecule has 0 aliphatic carbocycles. The van der Waals surface area contributed by atoms with Crippen molar-refractivity contribution in [2.24, 2.45) is 5.92 Å². The fourth-order valence-electron chi connectivity index (χ4n) is 3.70. The number of ether oxygens (including phenoxy) is 1. The van der Waals surface area contributed by atoms with E-state index >= 15 is 0 Å². The van der Waals surface area contributed by atoms with E-state index in [1.54, 1.807) is 0 Å². The number of piperidine rings is 1. The zero-order chi connectivity index (χ0) is 18.5. The molecular weight excluding hydrogens is 326 g/mol. The van der Waals surface area contributed by atoms with Gasteiger partial charge in [0.25, 0.3) is 0 Å². The maximum Gasteiger partial charge on any atom is 0.337 e. The van der Waals surface area contributed by atoms with Crippen LogP contribution in [0.3, 0.4) is 0 Å². The summed E-state index contributed by atoms with van der Waals surface area (Å²) >= 11 is 0. The van der Waals surface area contributed by atoms with Crippen molar-refractivity contribution in [3.63, 3.8) is 0 Å². The van der Waals surface area contributed by atoms with Crippen LogP contribution in [0, 0.1) is 5.92 Å². The third kappa shape index (κ3) is 4.52. The average molecular weight is 355 g/mol. The summed E-state index contributed by atoms with van der Waals surface area (Å²) in [6.07, 6.45) is 6.47. The molecule has 0 amide bonds. The second-order valence-electron chi connectivity index (χ2n) is 7.50. The molecule has 0 bridgehead atoms. The first-order valence-corrected chi connectivity index (χ1v) is 9.47. The van der Waals surface area contributed by atoms with Crippen LogP contribution in [0.5, 0.6) is 0 Å². The number of rotatable bonds is 6. The number of aromatic nitrogens is 2. The molecule has 0 atom stereocenters. The highest BCUT2D eigenvalue weighted by Gasteiger charge is 2.21. The van der Waals surface area contributed by atoms with Gasteiger partial charge in [-0.25, -0.2) is 9.78 Å². The van der Waals surface area contributed by atoms with E-state index in [0.717, 1.165) is 32.1 Å². The Morgan fingerprint density at radius 1 is 1.23 bits per heavy atom.